The van der Waals surface area contributed by atoms with Crippen LogP contribution in [0.25, 0.3) is 0 Å². The maximum absolute atomic E-state index is 10.9. The van der Waals surface area contributed by atoms with E-state index in [1.54, 1.807) is 0 Å². The van der Waals surface area contributed by atoms with E-state index in [2.05, 4.69) is 9.97 Å². The predicted molar refractivity (Wildman–Crippen MR) is 68.8 cm³/mol. The molecule has 2 aromatic heterocycles. The van der Waals surface area contributed by atoms with Gasteiger partial charge in [-0.1, -0.05) is 0 Å². The van der Waals surface area contributed by atoms with E-state index in [1.165, 1.54) is 11.3 Å². The van der Waals surface area contributed by atoms with Crippen LogP contribution in [0.2, 0.25) is 0 Å². The van der Waals surface area contributed by atoms with Gasteiger partial charge in [0.1, 0.15) is 0 Å². The summed E-state index contributed by atoms with van der Waals surface area (Å²) in [6.07, 6.45) is 1.10. The molecule has 98 valence electrons. The van der Waals surface area contributed by atoms with Crippen LogP contribution in [0.1, 0.15) is 16.1 Å². The van der Waals surface area contributed by atoms with Crippen molar-refractivity contribution in [1.29, 1.82) is 0 Å². The Labute approximate surface area is 115 Å². The highest BCUT2D eigenvalue weighted by atomic mass is 32.2. The average Bonchev–Trinajstić information content (AvgIpc) is 2.74. The van der Waals surface area contributed by atoms with E-state index in [0.717, 1.165) is 29.7 Å². The molecule has 0 aliphatic carbocycles. The van der Waals surface area contributed by atoms with Gasteiger partial charge in [0.05, 0.1) is 10.5 Å². The van der Waals surface area contributed by atoms with E-state index in [0.29, 0.717) is 4.34 Å². The number of carboxylic acids is 1. The summed E-state index contributed by atoms with van der Waals surface area (Å²) in [6, 6.07) is 0.998. The molecule has 0 saturated heterocycles. The number of nitro groups is 1. The predicted octanol–water partition coefficient (Wildman–Crippen LogP) is 2.60. The Balaban J connectivity index is 2.39. The molecule has 0 aliphatic heterocycles. The number of thiazole rings is 1. The number of hydrogen-bond donors (Lipinski definition) is 1. The number of rotatable bonds is 4. The zero-order valence-corrected chi connectivity index (χ0v) is 11.2. The Morgan fingerprint density at radius 1 is 1.58 bits per heavy atom. The first-order valence-electron chi connectivity index (χ1n) is 4.95. The van der Waals surface area contributed by atoms with Crippen molar-refractivity contribution < 1.29 is 14.8 Å². The summed E-state index contributed by atoms with van der Waals surface area (Å²) >= 11 is 2.39. The number of aromatic nitrogens is 2. The van der Waals surface area contributed by atoms with Gasteiger partial charge in [-0.05, 0) is 18.7 Å². The average molecular weight is 297 g/mol. The smallest absolute Gasteiger partial charge is 0.337 e. The Kier molecular flexibility index (Phi) is 3.76. The first-order chi connectivity index (χ1) is 8.97. The van der Waals surface area contributed by atoms with Crippen LogP contribution in [-0.2, 0) is 0 Å². The van der Waals surface area contributed by atoms with Crippen molar-refractivity contribution in [3.63, 3.8) is 0 Å². The van der Waals surface area contributed by atoms with Crippen LogP contribution in [0.5, 0.6) is 0 Å². The van der Waals surface area contributed by atoms with Crippen LogP contribution in [0.15, 0.2) is 27.0 Å². The van der Waals surface area contributed by atoms with Gasteiger partial charge in [0.25, 0.3) is 0 Å². The second-order valence-corrected chi connectivity index (χ2v) is 5.56. The molecule has 2 rings (SSSR count). The molecule has 0 aromatic carbocycles. The fourth-order valence-corrected chi connectivity index (χ4v) is 3.02. The first kappa shape index (κ1) is 13.4. The molecule has 0 fully saturated rings. The van der Waals surface area contributed by atoms with Crippen LogP contribution < -0.4 is 0 Å². The van der Waals surface area contributed by atoms with Crippen LogP contribution in [0, 0.1) is 17.0 Å². The minimum absolute atomic E-state index is 0.129. The van der Waals surface area contributed by atoms with Gasteiger partial charge in [0.15, 0.2) is 9.37 Å². The van der Waals surface area contributed by atoms with Crippen molar-refractivity contribution in [2.24, 2.45) is 0 Å². The minimum atomic E-state index is -1.25. The zero-order chi connectivity index (χ0) is 14.0. The summed E-state index contributed by atoms with van der Waals surface area (Å²) in [5.41, 5.74) is 0.265. The van der Waals surface area contributed by atoms with E-state index < -0.39 is 10.9 Å². The highest BCUT2D eigenvalue weighted by Crippen LogP contribution is 2.34. The topological polar surface area (TPSA) is 106 Å². The monoisotopic (exact) mass is 297 g/mol. The molecule has 0 amide bonds. The number of carboxylic acid groups (broad SMARTS) is 1. The number of carbonyl (C=O) groups is 1. The van der Waals surface area contributed by atoms with E-state index in [9.17, 15) is 14.9 Å². The molecular weight excluding hydrogens is 290 g/mol. The quantitative estimate of drug-likeness (QED) is 0.682. The lowest BCUT2D eigenvalue weighted by Crippen LogP contribution is -2.01. The molecule has 19 heavy (non-hydrogen) atoms. The summed E-state index contributed by atoms with van der Waals surface area (Å²) in [5.74, 6) is -1.25. The van der Waals surface area contributed by atoms with E-state index in [4.69, 9.17) is 5.11 Å². The van der Waals surface area contributed by atoms with Crippen molar-refractivity contribution in [3.8, 4) is 0 Å². The molecule has 0 spiro atoms. The first-order valence-corrected chi connectivity index (χ1v) is 6.64. The fourth-order valence-electron chi connectivity index (χ4n) is 1.23. The van der Waals surface area contributed by atoms with Gasteiger partial charge < -0.3 is 5.11 Å². The molecule has 9 heteroatoms. The lowest BCUT2D eigenvalue weighted by Gasteiger charge is -2.00. The largest absolute Gasteiger partial charge is 0.478 e. The minimum Gasteiger partial charge on any atom is -0.478 e. The Hall–Kier alpha value is -2.00. The number of pyridine rings is 1. The van der Waals surface area contributed by atoms with Crippen LogP contribution >= 0.6 is 23.1 Å². The van der Waals surface area contributed by atoms with Crippen LogP contribution in [0.4, 0.5) is 5.69 Å². The number of aromatic carboxylic acids is 1. The van der Waals surface area contributed by atoms with Crippen LogP contribution in [-0.4, -0.2) is 26.0 Å². The third-order valence-corrected chi connectivity index (χ3v) is 4.12. The number of aryl methyl sites for hydroxylation is 1. The summed E-state index contributed by atoms with van der Waals surface area (Å²) in [6.45, 7) is 1.82. The normalized spacial score (nSPS) is 10.4. The highest BCUT2D eigenvalue weighted by molar-refractivity contribution is 8.01. The molecule has 1 N–H and O–H groups in total. The summed E-state index contributed by atoms with van der Waals surface area (Å²) in [5, 5.41) is 21.7. The van der Waals surface area contributed by atoms with E-state index >= 15 is 0 Å². The molecule has 7 nitrogen and oxygen atoms in total. The molecule has 0 aliphatic rings. The van der Waals surface area contributed by atoms with Crippen molar-refractivity contribution >= 4 is 34.8 Å². The van der Waals surface area contributed by atoms with Gasteiger partial charge >= 0.3 is 11.7 Å². The standard InChI is InChI=1S/C10H7N3O4S2/c1-5-4-18-10(12-5)19-8-7(13(16)17)2-6(3-11-8)9(14)15/h2-4H,1H3,(H,14,15). The van der Waals surface area contributed by atoms with Gasteiger partial charge in [-0.15, -0.1) is 11.3 Å². The third kappa shape index (κ3) is 3.06. The summed E-state index contributed by atoms with van der Waals surface area (Å²) in [4.78, 5) is 29.1. The van der Waals surface area contributed by atoms with E-state index in [-0.39, 0.29) is 16.3 Å². The van der Waals surface area contributed by atoms with Gasteiger partial charge in [-0.3, -0.25) is 10.1 Å². The molecule has 2 aromatic rings. The molecule has 0 saturated carbocycles. The lowest BCUT2D eigenvalue weighted by atomic mass is 10.3. The third-order valence-electron chi connectivity index (χ3n) is 2.06. The molecular formula is C10H7N3O4S2. The van der Waals surface area contributed by atoms with Crippen molar-refractivity contribution in [2.45, 2.75) is 16.3 Å². The summed E-state index contributed by atoms with van der Waals surface area (Å²) in [7, 11) is 0. The van der Waals surface area contributed by atoms with Gasteiger partial charge in [0.2, 0.25) is 0 Å². The SMILES string of the molecule is Cc1csc(Sc2ncc(C(=O)O)cc2[N+](=O)[O-])n1. The second-order valence-electron chi connectivity index (χ2n) is 3.47. The molecule has 2 heterocycles. The van der Waals surface area contributed by atoms with Crippen molar-refractivity contribution in [1.82, 2.24) is 9.97 Å². The summed E-state index contributed by atoms with van der Waals surface area (Å²) < 4.78 is 0.621. The maximum Gasteiger partial charge on any atom is 0.337 e. The Morgan fingerprint density at radius 2 is 2.32 bits per heavy atom. The zero-order valence-electron chi connectivity index (χ0n) is 9.56. The van der Waals surface area contributed by atoms with Crippen molar-refractivity contribution in [3.05, 3.63) is 39.0 Å². The molecule has 0 unspecified atom stereocenters. The number of nitrogens with zero attached hydrogens (tertiary/aromatic N) is 3. The molecule has 0 radical (unpaired) electrons. The fraction of sp³-hybridized carbons (Fsp3) is 0.100. The highest BCUT2D eigenvalue weighted by Gasteiger charge is 2.20. The number of hydrogen-bond acceptors (Lipinski definition) is 7. The van der Waals surface area contributed by atoms with Crippen molar-refractivity contribution in [2.75, 3.05) is 0 Å². The van der Waals surface area contributed by atoms with Gasteiger partial charge in [-0.2, -0.15) is 0 Å². The van der Waals surface area contributed by atoms with Gasteiger partial charge in [0, 0.05) is 23.3 Å². The van der Waals surface area contributed by atoms with Crippen LogP contribution in [0.3, 0.4) is 0 Å². The second kappa shape index (κ2) is 5.33. The molecule has 0 atom stereocenters. The van der Waals surface area contributed by atoms with Gasteiger partial charge in [-0.25, -0.2) is 14.8 Å². The molecule has 0 bridgehead atoms. The Bertz CT molecular complexity index is 656. The Morgan fingerprint density at radius 3 is 2.84 bits per heavy atom. The lowest BCUT2D eigenvalue weighted by molar-refractivity contribution is -0.388. The maximum atomic E-state index is 10.9. The van der Waals surface area contributed by atoms with E-state index in [1.807, 2.05) is 12.3 Å².